The first-order valence-electron chi connectivity index (χ1n) is 4.43. The van der Waals surface area contributed by atoms with E-state index in [4.69, 9.17) is 4.74 Å². The van der Waals surface area contributed by atoms with E-state index in [9.17, 15) is 12.9 Å². The van der Waals surface area contributed by atoms with Gasteiger partial charge >= 0.3 is 6.98 Å². The maximum absolute atomic E-state index is 11.8. The lowest BCUT2D eigenvalue weighted by atomic mass is 9.95. The van der Waals surface area contributed by atoms with Crippen LogP contribution in [0.1, 0.15) is 5.56 Å². The molecule has 0 saturated heterocycles. The van der Waals surface area contributed by atoms with Gasteiger partial charge in [-0.2, -0.15) is 0 Å². The van der Waals surface area contributed by atoms with Gasteiger partial charge in [0, 0.05) is 6.51 Å². The van der Waals surface area contributed by atoms with Crippen molar-refractivity contribution in [1.29, 1.82) is 0 Å². The lowest BCUT2D eigenvalue weighted by Crippen LogP contribution is -2.23. The zero-order valence-electron chi connectivity index (χ0n) is 8.25. The highest BCUT2D eigenvalue weighted by atomic mass is 19.4. The first-order valence-corrected chi connectivity index (χ1v) is 4.43. The first kappa shape index (κ1) is 11.9. The van der Waals surface area contributed by atoms with Gasteiger partial charge in [0.25, 0.3) is 0 Å². The number of hydrogen-bond acceptors (Lipinski definition) is 2. The fraction of sp³-hybridized carbons (Fsp3) is 0.333. The molecule has 1 aromatic carbocycles. The van der Waals surface area contributed by atoms with Gasteiger partial charge in [-0.05, 0) is 17.7 Å². The highest BCUT2D eigenvalue weighted by molar-refractivity contribution is 6.58. The highest BCUT2D eigenvalue weighted by Crippen LogP contribution is 2.13. The smallest absolute Gasteiger partial charge is 0.497 e. The molecule has 0 atom stereocenters. The summed E-state index contributed by atoms with van der Waals surface area (Å²) in [7, 11) is 1.53. The van der Waals surface area contributed by atoms with E-state index in [1.54, 1.807) is 24.3 Å². The molecule has 1 rings (SSSR count). The molecule has 0 fully saturated rings. The monoisotopic (exact) mass is 219 g/mol. The summed E-state index contributed by atoms with van der Waals surface area (Å²) in [6.45, 7) is -6.06. The molecule has 0 bridgehead atoms. The van der Waals surface area contributed by atoms with Gasteiger partial charge in [-0.25, -0.2) is 0 Å². The Morgan fingerprint density at radius 2 is 1.73 bits per heavy atom. The Balaban J connectivity index is 2.38. The molecule has 0 amide bonds. The molecule has 0 spiro atoms. The van der Waals surface area contributed by atoms with Crippen LogP contribution in [0.15, 0.2) is 24.3 Å². The van der Waals surface area contributed by atoms with Gasteiger partial charge in [-0.1, -0.05) is 12.1 Å². The molecule has 2 nitrogen and oxygen atoms in total. The van der Waals surface area contributed by atoms with Gasteiger partial charge in [0.1, 0.15) is 5.75 Å². The van der Waals surface area contributed by atoms with Gasteiger partial charge in [0.2, 0.25) is 0 Å². The van der Waals surface area contributed by atoms with Gasteiger partial charge in [0.05, 0.1) is 13.7 Å². The molecule has 0 radical (unpaired) electrons. The predicted molar refractivity (Wildman–Crippen MR) is 51.7 cm³/mol. The Bertz CT molecular complexity index is 297. The number of benzene rings is 1. The molecule has 0 unspecified atom stereocenters. The van der Waals surface area contributed by atoms with E-state index in [2.05, 4.69) is 4.74 Å². The fourth-order valence-electron chi connectivity index (χ4n) is 1.03. The summed E-state index contributed by atoms with van der Waals surface area (Å²) in [6, 6.07) is 6.69. The maximum Gasteiger partial charge on any atom is 0.503 e. The largest absolute Gasteiger partial charge is 0.503 e. The Morgan fingerprint density at radius 3 is 2.20 bits per heavy atom. The summed E-state index contributed by atoms with van der Waals surface area (Å²) in [6.07, 6.45) is 0. The number of ether oxygens (including phenoxy) is 2. The Morgan fingerprint density at radius 1 is 1.13 bits per heavy atom. The molecule has 0 N–H and O–H groups in total. The van der Waals surface area contributed by atoms with Gasteiger partial charge in [-0.3, -0.25) is 0 Å². The van der Waals surface area contributed by atoms with E-state index in [0.29, 0.717) is 11.3 Å². The fourth-order valence-corrected chi connectivity index (χ4v) is 1.03. The van der Waals surface area contributed by atoms with Crippen molar-refractivity contribution in [1.82, 2.24) is 0 Å². The summed E-state index contributed by atoms with van der Waals surface area (Å²) in [5, 5.41) is 0. The average molecular weight is 219 g/mol. The summed E-state index contributed by atoms with van der Waals surface area (Å²) >= 11 is 0. The second-order valence-corrected chi connectivity index (χ2v) is 3.07. The minimum absolute atomic E-state index is 0.0365. The second kappa shape index (κ2) is 5.07. The van der Waals surface area contributed by atoms with Crippen LogP contribution in [0.2, 0.25) is 0 Å². The highest BCUT2D eigenvalue weighted by Gasteiger charge is 2.22. The topological polar surface area (TPSA) is 18.5 Å². The Hall–Kier alpha value is -1.17. The van der Waals surface area contributed by atoms with Crippen molar-refractivity contribution < 1.29 is 22.4 Å². The quantitative estimate of drug-likeness (QED) is 0.708. The van der Waals surface area contributed by atoms with E-state index in [1.807, 2.05) is 0 Å². The second-order valence-electron chi connectivity index (χ2n) is 3.07. The lowest BCUT2D eigenvalue weighted by Gasteiger charge is -2.13. The average Bonchev–Trinajstić information content (AvgIpc) is 2.17. The van der Waals surface area contributed by atoms with Crippen LogP contribution in [0.3, 0.4) is 0 Å². The van der Waals surface area contributed by atoms with Crippen LogP contribution in [0.4, 0.5) is 12.9 Å². The molecule has 0 aliphatic heterocycles. The third-order valence-corrected chi connectivity index (χ3v) is 1.73. The molecule has 84 valence electrons. The van der Waals surface area contributed by atoms with Crippen molar-refractivity contribution in [3.05, 3.63) is 29.8 Å². The summed E-state index contributed by atoms with van der Waals surface area (Å²) < 4.78 is 44.8. The van der Waals surface area contributed by atoms with Crippen LogP contribution in [-0.4, -0.2) is 20.6 Å². The van der Waals surface area contributed by atoms with Gasteiger partial charge in [-0.15, -0.1) is 0 Å². The SMILES string of the molecule is COc1ccc(COC[B-](F)(F)F)cc1. The molecule has 0 saturated carbocycles. The number of hydrogen-bond donors (Lipinski definition) is 0. The van der Waals surface area contributed by atoms with Crippen LogP contribution in [-0.2, 0) is 11.3 Å². The number of rotatable bonds is 5. The summed E-state index contributed by atoms with van der Waals surface area (Å²) in [4.78, 5) is 0. The Labute approximate surface area is 86.1 Å². The molecular formula is C9H11BF3O2-. The van der Waals surface area contributed by atoms with Crippen molar-refractivity contribution in [2.75, 3.05) is 13.6 Å². The van der Waals surface area contributed by atoms with Gasteiger partial charge < -0.3 is 22.4 Å². The van der Waals surface area contributed by atoms with Gasteiger partial charge in [0.15, 0.2) is 0 Å². The van der Waals surface area contributed by atoms with Crippen LogP contribution >= 0.6 is 0 Å². The van der Waals surface area contributed by atoms with Crippen molar-refractivity contribution in [3.63, 3.8) is 0 Å². The zero-order valence-corrected chi connectivity index (χ0v) is 8.25. The van der Waals surface area contributed by atoms with E-state index < -0.39 is 13.5 Å². The van der Waals surface area contributed by atoms with Crippen LogP contribution in [0.25, 0.3) is 0 Å². The lowest BCUT2D eigenvalue weighted by molar-refractivity contribution is 0.137. The summed E-state index contributed by atoms with van der Waals surface area (Å²) in [5.74, 6) is 0.666. The van der Waals surface area contributed by atoms with Crippen molar-refractivity contribution in [3.8, 4) is 5.75 Å². The molecule has 0 heterocycles. The predicted octanol–water partition coefficient (Wildman–Crippen LogP) is 2.60. The van der Waals surface area contributed by atoms with Crippen LogP contribution in [0.5, 0.6) is 5.75 Å². The minimum Gasteiger partial charge on any atom is -0.497 e. The molecule has 6 heteroatoms. The van der Waals surface area contributed by atoms with E-state index in [-0.39, 0.29) is 6.61 Å². The first-order chi connectivity index (χ1) is 7.01. The summed E-state index contributed by atoms with van der Waals surface area (Å²) in [5.41, 5.74) is 0.691. The molecule has 0 aromatic heterocycles. The van der Waals surface area contributed by atoms with Crippen molar-refractivity contribution >= 4 is 6.98 Å². The minimum atomic E-state index is -4.86. The normalized spacial score (nSPS) is 11.5. The van der Waals surface area contributed by atoms with Crippen LogP contribution < -0.4 is 4.74 Å². The molecule has 15 heavy (non-hydrogen) atoms. The molecule has 1 aromatic rings. The molecule has 0 aliphatic rings. The van der Waals surface area contributed by atoms with E-state index in [1.165, 1.54) is 7.11 Å². The number of halogens is 3. The molecular weight excluding hydrogens is 208 g/mol. The third kappa shape index (κ3) is 4.74. The molecule has 0 aliphatic carbocycles. The maximum atomic E-state index is 11.8. The van der Waals surface area contributed by atoms with Crippen molar-refractivity contribution in [2.24, 2.45) is 0 Å². The zero-order chi connectivity index (χ0) is 11.3. The van der Waals surface area contributed by atoms with E-state index >= 15 is 0 Å². The Kier molecular flexibility index (Phi) is 4.02. The van der Waals surface area contributed by atoms with Crippen LogP contribution in [0, 0.1) is 0 Å². The number of methoxy groups -OCH3 is 1. The van der Waals surface area contributed by atoms with Crippen molar-refractivity contribution in [2.45, 2.75) is 6.61 Å². The third-order valence-electron chi connectivity index (χ3n) is 1.73. The van der Waals surface area contributed by atoms with E-state index in [0.717, 1.165) is 0 Å². The standard InChI is InChI=1S/C9H11BF3O2/c1-14-9-4-2-8(3-5-9)6-15-7-10(11,12)13/h2-5H,6-7H2,1H3/q-1.